The van der Waals surface area contributed by atoms with Gasteiger partial charge in [0.1, 0.15) is 0 Å². The van der Waals surface area contributed by atoms with Gasteiger partial charge in [-0.2, -0.15) is 0 Å². The Balaban J connectivity index is 2.04. The van der Waals surface area contributed by atoms with Crippen molar-refractivity contribution in [3.63, 3.8) is 0 Å². The van der Waals surface area contributed by atoms with Crippen molar-refractivity contribution in [1.82, 2.24) is 0 Å². The first-order valence-corrected chi connectivity index (χ1v) is 12.8. The van der Waals surface area contributed by atoms with Crippen LogP contribution in [0.4, 0.5) is 0 Å². The zero-order chi connectivity index (χ0) is 20.0. The molecular formula is C22H40O4S. The third-order valence-electron chi connectivity index (χ3n) is 5.67. The number of carboxylic acid groups (broad SMARTS) is 1. The molecule has 5 heteroatoms. The lowest BCUT2D eigenvalue weighted by atomic mass is 9.95. The van der Waals surface area contributed by atoms with Gasteiger partial charge in [0.25, 0.3) is 0 Å². The minimum atomic E-state index is -3.19. The number of unbranched alkanes of at least 4 members (excludes halogenated alkanes) is 10. The molecule has 0 aromatic heterocycles. The van der Waals surface area contributed by atoms with E-state index in [4.69, 9.17) is 0 Å². The zero-order valence-corrected chi connectivity index (χ0v) is 18.0. The molecule has 1 rings (SSSR count). The third-order valence-corrected chi connectivity index (χ3v) is 8.02. The summed E-state index contributed by atoms with van der Waals surface area (Å²) in [7, 11) is -3.19. The van der Waals surface area contributed by atoms with E-state index in [-0.39, 0.29) is 5.75 Å². The van der Waals surface area contributed by atoms with Gasteiger partial charge in [-0.25, -0.2) is 8.42 Å². The molecule has 1 heterocycles. The predicted octanol–water partition coefficient (Wildman–Crippen LogP) is 5.91. The second-order valence-corrected chi connectivity index (χ2v) is 10.4. The minimum absolute atomic E-state index is 0.159. The van der Waals surface area contributed by atoms with E-state index in [1.165, 1.54) is 44.9 Å². The van der Waals surface area contributed by atoms with Crippen molar-refractivity contribution >= 4 is 15.8 Å². The Labute approximate surface area is 166 Å². The smallest absolute Gasteiger partial charge is 0.307 e. The summed E-state index contributed by atoms with van der Waals surface area (Å²) < 4.78 is 24.0. The normalized spacial score (nSPS) is 20.3. The topological polar surface area (TPSA) is 71.4 Å². The van der Waals surface area contributed by atoms with Crippen molar-refractivity contribution in [3.8, 4) is 0 Å². The first kappa shape index (κ1) is 24.2. The van der Waals surface area contributed by atoms with Crippen molar-refractivity contribution in [3.05, 3.63) is 12.2 Å². The standard InChI is InChI=1S/C22H40O4S/c1-2-3-4-5-6-7-8-9-10-11-12-13-14-15-17-20(22(23)24)21-18-16-19-27(21,25)26/h9-10,20-21H,2-8,11-19H2,1H3,(H,23,24)/b10-9-. The lowest BCUT2D eigenvalue weighted by Crippen LogP contribution is -2.32. The van der Waals surface area contributed by atoms with Crippen molar-refractivity contribution in [2.45, 2.75) is 108 Å². The van der Waals surface area contributed by atoms with E-state index in [9.17, 15) is 18.3 Å². The van der Waals surface area contributed by atoms with E-state index in [2.05, 4.69) is 19.1 Å². The lowest BCUT2D eigenvalue weighted by molar-refractivity contribution is -0.142. The van der Waals surface area contributed by atoms with Crippen LogP contribution >= 0.6 is 0 Å². The van der Waals surface area contributed by atoms with E-state index in [1.807, 2.05) is 0 Å². The van der Waals surface area contributed by atoms with Crippen LogP contribution in [0.5, 0.6) is 0 Å². The quantitative estimate of drug-likeness (QED) is 0.258. The van der Waals surface area contributed by atoms with Crippen LogP contribution in [0.2, 0.25) is 0 Å². The van der Waals surface area contributed by atoms with Crippen molar-refractivity contribution < 1.29 is 18.3 Å². The molecule has 2 atom stereocenters. The van der Waals surface area contributed by atoms with Gasteiger partial charge < -0.3 is 5.11 Å². The Morgan fingerprint density at radius 3 is 2.04 bits per heavy atom. The van der Waals surface area contributed by atoms with Crippen LogP contribution in [0.3, 0.4) is 0 Å². The molecule has 0 aliphatic carbocycles. The summed E-state index contributed by atoms with van der Waals surface area (Å²) in [5.41, 5.74) is 0. The number of hydrogen-bond donors (Lipinski definition) is 1. The van der Waals surface area contributed by atoms with Gasteiger partial charge in [-0.05, 0) is 44.9 Å². The molecular weight excluding hydrogens is 360 g/mol. The van der Waals surface area contributed by atoms with E-state index < -0.39 is 27.0 Å². The molecule has 4 nitrogen and oxygen atoms in total. The molecule has 0 saturated carbocycles. The molecule has 1 aliphatic rings. The van der Waals surface area contributed by atoms with Gasteiger partial charge >= 0.3 is 5.97 Å². The molecule has 2 unspecified atom stereocenters. The van der Waals surface area contributed by atoms with E-state index in [0.717, 1.165) is 32.1 Å². The van der Waals surface area contributed by atoms with Crippen LogP contribution in [0, 0.1) is 5.92 Å². The number of sulfone groups is 1. The number of carbonyl (C=O) groups is 1. The van der Waals surface area contributed by atoms with Crippen LogP contribution in [0.25, 0.3) is 0 Å². The summed E-state index contributed by atoms with van der Waals surface area (Å²) in [4.78, 5) is 11.5. The molecule has 27 heavy (non-hydrogen) atoms. The molecule has 0 spiro atoms. The highest BCUT2D eigenvalue weighted by atomic mass is 32.2. The fourth-order valence-electron chi connectivity index (χ4n) is 3.99. The second kappa shape index (κ2) is 14.2. The van der Waals surface area contributed by atoms with Crippen molar-refractivity contribution in [2.75, 3.05) is 5.75 Å². The summed E-state index contributed by atoms with van der Waals surface area (Å²) in [5, 5.41) is 8.74. The molecule has 0 radical (unpaired) electrons. The summed E-state index contributed by atoms with van der Waals surface area (Å²) in [6.45, 7) is 2.24. The van der Waals surface area contributed by atoms with Crippen LogP contribution in [0.1, 0.15) is 103 Å². The predicted molar refractivity (Wildman–Crippen MR) is 113 cm³/mol. The Morgan fingerprint density at radius 2 is 1.52 bits per heavy atom. The van der Waals surface area contributed by atoms with Crippen molar-refractivity contribution in [1.29, 1.82) is 0 Å². The summed E-state index contributed by atoms with van der Waals surface area (Å²) >= 11 is 0. The fraction of sp³-hybridized carbons (Fsp3) is 0.864. The molecule has 0 amide bonds. The maximum atomic E-state index is 12.0. The largest absolute Gasteiger partial charge is 0.481 e. The summed E-state index contributed by atoms with van der Waals surface area (Å²) in [5.74, 6) is -1.50. The van der Waals surface area contributed by atoms with Crippen molar-refractivity contribution in [2.24, 2.45) is 5.92 Å². The average molecular weight is 401 g/mol. The maximum Gasteiger partial charge on any atom is 0.307 e. The maximum absolute atomic E-state index is 12.0. The fourth-order valence-corrected chi connectivity index (χ4v) is 6.15. The molecule has 1 aliphatic heterocycles. The minimum Gasteiger partial charge on any atom is -0.481 e. The highest BCUT2D eigenvalue weighted by Crippen LogP contribution is 2.30. The van der Waals surface area contributed by atoms with Crippen LogP contribution < -0.4 is 0 Å². The molecule has 0 bridgehead atoms. The van der Waals surface area contributed by atoms with Crippen LogP contribution in [0.15, 0.2) is 12.2 Å². The Bertz CT molecular complexity index is 524. The molecule has 1 fully saturated rings. The molecule has 0 aromatic rings. The zero-order valence-electron chi connectivity index (χ0n) is 17.2. The number of hydrogen-bond acceptors (Lipinski definition) is 3. The SMILES string of the molecule is CCCCCCCC/C=C\CCCCCCC(C(=O)O)C1CCCS1(=O)=O. The van der Waals surface area contributed by atoms with Gasteiger partial charge in [-0.3, -0.25) is 4.79 Å². The van der Waals surface area contributed by atoms with Gasteiger partial charge in [0, 0.05) is 0 Å². The first-order valence-electron chi connectivity index (χ1n) is 11.1. The monoisotopic (exact) mass is 400 g/mol. The van der Waals surface area contributed by atoms with Crippen LogP contribution in [-0.2, 0) is 14.6 Å². The number of carboxylic acids is 1. The first-order chi connectivity index (χ1) is 13.0. The van der Waals surface area contributed by atoms with E-state index in [0.29, 0.717) is 19.3 Å². The average Bonchev–Trinajstić information content (AvgIpc) is 2.97. The number of aliphatic carboxylic acids is 1. The number of allylic oxidation sites excluding steroid dienone is 2. The van der Waals surface area contributed by atoms with Gasteiger partial charge in [0.15, 0.2) is 9.84 Å². The second-order valence-electron chi connectivity index (χ2n) is 8.01. The summed E-state index contributed by atoms with van der Waals surface area (Å²) in [6, 6.07) is 0. The highest BCUT2D eigenvalue weighted by Gasteiger charge is 2.40. The Kier molecular flexibility index (Phi) is 12.7. The lowest BCUT2D eigenvalue weighted by Gasteiger charge is -2.18. The number of rotatable bonds is 16. The van der Waals surface area contributed by atoms with E-state index in [1.54, 1.807) is 0 Å². The molecule has 1 saturated heterocycles. The third kappa shape index (κ3) is 10.3. The Hall–Kier alpha value is -0.840. The molecule has 0 aromatic carbocycles. The van der Waals surface area contributed by atoms with Crippen LogP contribution in [-0.4, -0.2) is 30.5 Å². The van der Waals surface area contributed by atoms with E-state index >= 15 is 0 Å². The highest BCUT2D eigenvalue weighted by molar-refractivity contribution is 7.92. The Morgan fingerprint density at radius 1 is 0.963 bits per heavy atom. The molecule has 1 N–H and O–H groups in total. The van der Waals surface area contributed by atoms with Gasteiger partial charge in [0.05, 0.1) is 16.9 Å². The van der Waals surface area contributed by atoms with Gasteiger partial charge in [-0.15, -0.1) is 0 Å². The van der Waals surface area contributed by atoms with Gasteiger partial charge in [0.2, 0.25) is 0 Å². The van der Waals surface area contributed by atoms with Gasteiger partial charge in [-0.1, -0.05) is 70.4 Å². The molecule has 158 valence electrons. The summed E-state index contributed by atoms with van der Waals surface area (Å²) in [6.07, 6.45) is 20.5.